The van der Waals surface area contributed by atoms with Crippen LogP contribution in [0, 0.1) is 0 Å². The predicted octanol–water partition coefficient (Wildman–Crippen LogP) is 6.02. The minimum Gasteiger partial charge on any atom is -0.493 e. The molecule has 0 spiro atoms. The lowest BCUT2D eigenvalue weighted by molar-refractivity contribution is -0.137. The number of carboxylic acids is 1. The van der Waals surface area contributed by atoms with Crippen molar-refractivity contribution in [2.45, 2.75) is 52.1 Å². The number of unbranched alkanes of at least 4 members (excludes halogenated alkanes) is 2. The highest BCUT2D eigenvalue weighted by atomic mass is 16.5. The van der Waals surface area contributed by atoms with Crippen molar-refractivity contribution in [3.8, 4) is 17.1 Å². The van der Waals surface area contributed by atoms with Crippen LogP contribution in [0.15, 0.2) is 71.3 Å². The van der Waals surface area contributed by atoms with E-state index in [1.165, 1.54) is 4.90 Å². The van der Waals surface area contributed by atoms with Gasteiger partial charge in [0.15, 0.2) is 0 Å². The van der Waals surface area contributed by atoms with Gasteiger partial charge in [0.1, 0.15) is 11.5 Å². The van der Waals surface area contributed by atoms with Crippen LogP contribution in [0.1, 0.15) is 56.8 Å². The molecule has 0 aliphatic rings. The molecule has 0 saturated heterocycles. The molecule has 174 valence electrons. The van der Waals surface area contributed by atoms with Crippen LogP contribution in [0.25, 0.3) is 11.3 Å². The second-order valence-electron chi connectivity index (χ2n) is 8.05. The third kappa shape index (κ3) is 6.97. The Morgan fingerprint density at radius 1 is 1.03 bits per heavy atom. The first kappa shape index (κ1) is 22.6. The molecule has 0 fully saturated rings. The number of carbonyl (C=O) groups is 2. The lowest BCUT2D eigenvalue weighted by Crippen LogP contribution is -2.36. The van der Waals surface area contributed by atoms with Crippen molar-refractivity contribution in [2.24, 2.45) is 0 Å². The van der Waals surface area contributed by atoms with E-state index in [1.54, 1.807) is 32.2 Å². The van der Waals surface area contributed by atoms with Crippen molar-refractivity contribution >= 4 is 11.9 Å². The van der Waals surface area contributed by atoms with Crippen molar-refractivity contribution in [1.29, 1.82) is 0 Å². The van der Waals surface area contributed by atoms with Gasteiger partial charge in [0.25, 0.3) is 5.91 Å². The Labute approximate surface area is 196 Å². The van der Waals surface area contributed by atoms with Gasteiger partial charge in [0.2, 0.25) is 0 Å². The molecular formula is C27H31NO5. The standard InChI is InChI=1S/C27H31NO5/c1-20(2)28(27(31)22-15-13-21(14-16-22)24-11-8-18-33-24)19-23-9-5-6-10-25(23)32-17-7-3-4-12-26(29)30/h5-6,8-11,13-16,18,20H,3-4,7,12,17,19H2,1-2H3,(H,29,30)/i20D. The number of hydrogen-bond acceptors (Lipinski definition) is 4. The molecule has 1 N–H and O–H groups in total. The second-order valence-corrected chi connectivity index (χ2v) is 8.05. The fraction of sp³-hybridized carbons (Fsp3) is 0.333. The van der Waals surface area contributed by atoms with Gasteiger partial charge in [-0.2, -0.15) is 0 Å². The third-order valence-electron chi connectivity index (χ3n) is 5.32. The van der Waals surface area contributed by atoms with Gasteiger partial charge in [-0.05, 0) is 63.4 Å². The van der Waals surface area contributed by atoms with E-state index in [0.717, 1.165) is 29.7 Å². The largest absolute Gasteiger partial charge is 0.493 e. The van der Waals surface area contributed by atoms with E-state index in [4.69, 9.17) is 15.6 Å². The molecule has 0 radical (unpaired) electrons. The normalized spacial score (nSPS) is 11.6. The Hall–Kier alpha value is -3.54. The summed E-state index contributed by atoms with van der Waals surface area (Å²) >= 11 is 0. The van der Waals surface area contributed by atoms with E-state index < -0.39 is 12.0 Å². The maximum atomic E-state index is 13.4. The zero-order valence-corrected chi connectivity index (χ0v) is 19.1. The summed E-state index contributed by atoms with van der Waals surface area (Å²) in [6.45, 7) is 4.07. The van der Waals surface area contributed by atoms with Crippen LogP contribution in [0.4, 0.5) is 0 Å². The van der Waals surface area contributed by atoms with E-state index in [2.05, 4.69) is 0 Å². The van der Waals surface area contributed by atoms with E-state index in [1.807, 2.05) is 48.5 Å². The number of furan rings is 1. The second kappa shape index (κ2) is 11.9. The Bertz CT molecular complexity index is 1070. The summed E-state index contributed by atoms with van der Waals surface area (Å²) in [5.74, 6) is 0.362. The van der Waals surface area contributed by atoms with Gasteiger partial charge in [0.05, 0.1) is 14.2 Å². The first-order valence-electron chi connectivity index (χ1n) is 11.6. The number of carboxylic acid groups (broad SMARTS) is 1. The Morgan fingerprint density at radius 2 is 1.79 bits per heavy atom. The summed E-state index contributed by atoms with van der Waals surface area (Å²) in [6.07, 6.45) is 3.90. The van der Waals surface area contributed by atoms with Crippen molar-refractivity contribution < 1.29 is 25.2 Å². The average Bonchev–Trinajstić information content (AvgIpc) is 3.34. The minimum absolute atomic E-state index is 0.161. The van der Waals surface area contributed by atoms with Crippen LogP contribution in [-0.2, 0) is 11.3 Å². The highest BCUT2D eigenvalue weighted by Gasteiger charge is 2.21. The molecule has 1 heterocycles. The highest BCUT2D eigenvalue weighted by Crippen LogP contribution is 2.24. The van der Waals surface area contributed by atoms with E-state index in [-0.39, 0.29) is 18.9 Å². The van der Waals surface area contributed by atoms with E-state index in [0.29, 0.717) is 24.3 Å². The quantitative estimate of drug-likeness (QED) is 0.341. The average molecular weight is 451 g/mol. The van der Waals surface area contributed by atoms with Gasteiger partial charge in [-0.15, -0.1) is 0 Å². The zero-order chi connectivity index (χ0) is 24.6. The van der Waals surface area contributed by atoms with Gasteiger partial charge in [-0.1, -0.05) is 30.3 Å². The molecule has 0 atom stereocenters. The van der Waals surface area contributed by atoms with Crippen LogP contribution < -0.4 is 4.74 Å². The molecule has 0 bridgehead atoms. The first-order chi connectivity index (χ1) is 16.3. The Kier molecular flexibility index (Phi) is 8.17. The molecule has 0 unspecified atom stereocenters. The summed E-state index contributed by atoms with van der Waals surface area (Å²) < 4.78 is 20.0. The fourth-order valence-electron chi connectivity index (χ4n) is 3.49. The summed E-state index contributed by atoms with van der Waals surface area (Å²) in [4.78, 5) is 25.5. The molecule has 0 aliphatic heterocycles. The minimum atomic E-state index is -1.15. The number of benzene rings is 2. The molecule has 6 nitrogen and oxygen atoms in total. The smallest absolute Gasteiger partial charge is 0.303 e. The van der Waals surface area contributed by atoms with Crippen LogP contribution in [0.5, 0.6) is 5.75 Å². The summed E-state index contributed by atoms with van der Waals surface area (Å²) in [5, 5.41) is 8.73. The number of para-hydroxylation sites is 1. The van der Waals surface area contributed by atoms with Gasteiger partial charge < -0.3 is 19.2 Å². The summed E-state index contributed by atoms with van der Waals surface area (Å²) in [5.41, 5.74) is 2.18. The molecular weight excluding hydrogens is 418 g/mol. The topological polar surface area (TPSA) is 80.0 Å². The van der Waals surface area contributed by atoms with Crippen molar-refractivity contribution in [3.63, 3.8) is 0 Å². The van der Waals surface area contributed by atoms with Crippen LogP contribution in [0.3, 0.4) is 0 Å². The predicted molar refractivity (Wildman–Crippen MR) is 127 cm³/mol. The zero-order valence-electron chi connectivity index (χ0n) is 20.1. The number of carbonyl (C=O) groups excluding carboxylic acids is 1. The number of rotatable bonds is 12. The molecule has 2 aromatic carbocycles. The number of hydrogen-bond donors (Lipinski definition) is 1. The first-order valence-corrected chi connectivity index (χ1v) is 11.1. The third-order valence-corrected chi connectivity index (χ3v) is 5.32. The van der Waals surface area contributed by atoms with Gasteiger partial charge >= 0.3 is 5.97 Å². The maximum absolute atomic E-state index is 13.4. The Balaban J connectivity index is 1.69. The monoisotopic (exact) mass is 450 g/mol. The highest BCUT2D eigenvalue weighted by molar-refractivity contribution is 5.94. The molecule has 3 aromatic rings. The van der Waals surface area contributed by atoms with Crippen LogP contribution in [0.2, 0.25) is 0 Å². The molecule has 1 amide bonds. The lowest BCUT2D eigenvalue weighted by Gasteiger charge is -2.28. The van der Waals surface area contributed by atoms with Crippen molar-refractivity contribution in [3.05, 3.63) is 78.1 Å². The molecule has 6 heteroatoms. The summed E-state index contributed by atoms with van der Waals surface area (Å²) in [6, 6.07) is 17.2. The van der Waals surface area contributed by atoms with Crippen LogP contribution in [-0.4, -0.2) is 34.5 Å². The number of nitrogens with zero attached hydrogens (tertiary/aromatic N) is 1. The maximum Gasteiger partial charge on any atom is 0.303 e. The number of ether oxygens (including phenoxy) is 1. The molecule has 1 aromatic heterocycles. The van der Waals surface area contributed by atoms with Gasteiger partial charge in [-0.3, -0.25) is 9.59 Å². The fourth-order valence-corrected chi connectivity index (χ4v) is 3.49. The van der Waals surface area contributed by atoms with Gasteiger partial charge in [0, 0.05) is 35.7 Å². The van der Waals surface area contributed by atoms with Crippen molar-refractivity contribution in [1.82, 2.24) is 4.90 Å². The van der Waals surface area contributed by atoms with E-state index >= 15 is 0 Å². The Morgan fingerprint density at radius 3 is 2.45 bits per heavy atom. The molecule has 3 rings (SSSR count). The lowest BCUT2D eigenvalue weighted by atomic mass is 10.1. The van der Waals surface area contributed by atoms with E-state index in [9.17, 15) is 9.59 Å². The van der Waals surface area contributed by atoms with Gasteiger partial charge in [-0.25, -0.2) is 0 Å². The molecule has 0 saturated carbocycles. The SMILES string of the molecule is [2H]C(C)(C)N(Cc1ccccc1OCCCCCC(=O)O)C(=O)c1ccc(-c2ccco2)cc1. The molecule has 0 aliphatic carbocycles. The van der Waals surface area contributed by atoms with Crippen molar-refractivity contribution in [2.75, 3.05) is 6.61 Å². The summed E-state index contributed by atoms with van der Waals surface area (Å²) in [7, 11) is 0. The molecule has 33 heavy (non-hydrogen) atoms. The number of aliphatic carboxylic acids is 1. The van der Waals surface area contributed by atoms with Crippen LogP contribution >= 0.6 is 0 Å². The number of amides is 1.